The van der Waals surface area contributed by atoms with Crippen LogP contribution in [0.2, 0.25) is 0 Å². The number of anilines is 1. The number of para-hydroxylation sites is 1. The Bertz CT molecular complexity index is 1220. The van der Waals surface area contributed by atoms with Crippen LogP contribution in [0, 0.1) is 21.4 Å². The van der Waals surface area contributed by atoms with E-state index in [2.05, 4.69) is 4.98 Å². The first-order valence-corrected chi connectivity index (χ1v) is 10.6. The topological polar surface area (TPSA) is 126 Å². The lowest BCUT2D eigenvalue weighted by molar-refractivity contribution is -0.384. The molecular weight excluding hydrogens is 438 g/mol. The fraction of sp³-hybridized carbons (Fsp3) is 0.208. The summed E-state index contributed by atoms with van der Waals surface area (Å²) < 4.78 is 11.3. The van der Waals surface area contributed by atoms with Crippen LogP contribution in [0.3, 0.4) is 0 Å². The summed E-state index contributed by atoms with van der Waals surface area (Å²) in [6, 6.07) is 17.3. The summed E-state index contributed by atoms with van der Waals surface area (Å²) in [7, 11) is 0. The molecule has 1 aromatic heterocycles. The van der Waals surface area contributed by atoms with Gasteiger partial charge < -0.3 is 19.0 Å². The smallest absolute Gasteiger partial charge is 0.269 e. The molecule has 0 radical (unpaired) electrons. The second kappa shape index (κ2) is 10.3. The second-order valence-electron chi connectivity index (χ2n) is 7.47. The minimum absolute atomic E-state index is 0.00609. The maximum atomic E-state index is 12.5. The number of nitriles is 1. The monoisotopic (exact) mass is 459 g/mol. The fourth-order valence-electron chi connectivity index (χ4n) is 3.47. The highest BCUT2D eigenvalue weighted by Gasteiger charge is 2.26. The number of benzene rings is 2. The van der Waals surface area contributed by atoms with Gasteiger partial charge in [0.05, 0.1) is 4.92 Å². The molecule has 1 aliphatic heterocycles. The Kier molecular flexibility index (Phi) is 6.84. The highest BCUT2D eigenvalue weighted by Crippen LogP contribution is 2.24. The Balaban J connectivity index is 1.35. The van der Waals surface area contributed by atoms with Crippen LogP contribution >= 0.6 is 0 Å². The molecule has 0 N–H and O–H groups in total. The zero-order valence-electron chi connectivity index (χ0n) is 18.2. The lowest BCUT2D eigenvalue weighted by atomic mass is 10.2. The van der Waals surface area contributed by atoms with E-state index in [1.807, 2.05) is 29.2 Å². The van der Waals surface area contributed by atoms with Crippen LogP contribution in [0.4, 0.5) is 11.6 Å². The third kappa shape index (κ3) is 5.39. The Morgan fingerprint density at radius 2 is 1.82 bits per heavy atom. The number of carbonyl (C=O) groups excluding carboxylic acids is 1. The second-order valence-corrected chi connectivity index (χ2v) is 7.47. The van der Waals surface area contributed by atoms with Crippen molar-refractivity contribution in [1.82, 2.24) is 9.88 Å². The predicted octanol–water partition coefficient (Wildman–Crippen LogP) is 3.35. The van der Waals surface area contributed by atoms with E-state index in [-0.39, 0.29) is 29.8 Å². The van der Waals surface area contributed by atoms with E-state index in [1.165, 1.54) is 12.1 Å². The first kappa shape index (κ1) is 22.5. The van der Waals surface area contributed by atoms with Crippen molar-refractivity contribution in [2.75, 3.05) is 37.7 Å². The van der Waals surface area contributed by atoms with Gasteiger partial charge in [-0.15, -0.1) is 0 Å². The van der Waals surface area contributed by atoms with E-state index in [1.54, 1.807) is 41.3 Å². The molecule has 0 bridgehead atoms. The number of non-ortho nitro benzene ring substituents is 1. The summed E-state index contributed by atoms with van der Waals surface area (Å²) in [6.45, 7) is 1.89. The normalized spacial score (nSPS) is 13.6. The lowest BCUT2D eigenvalue weighted by Crippen LogP contribution is -2.50. The van der Waals surface area contributed by atoms with Crippen LogP contribution in [0.25, 0.3) is 12.2 Å². The van der Waals surface area contributed by atoms with Crippen molar-refractivity contribution in [3.63, 3.8) is 0 Å². The number of hydrogen-bond donors (Lipinski definition) is 0. The van der Waals surface area contributed by atoms with Crippen molar-refractivity contribution in [1.29, 1.82) is 5.26 Å². The van der Waals surface area contributed by atoms with Crippen molar-refractivity contribution in [3.8, 4) is 11.8 Å². The Morgan fingerprint density at radius 3 is 2.47 bits per heavy atom. The summed E-state index contributed by atoms with van der Waals surface area (Å²) in [5.41, 5.74) is 0.899. The zero-order valence-corrected chi connectivity index (χ0v) is 18.2. The number of nitro groups is 1. The number of ether oxygens (including phenoxy) is 1. The molecule has 1 saturated heterocycles. The van der Waals surface area contributed by atoms with E-state index in [4.69, 9.17) is 9.15 Å². The molecule has 3 aromatic rings. The molecule has 0 atom stereocenters. The highest BCUT2D eigenvalue weighted by atomic mass is 16.6. The summed E-state index contributed by atoms with van der Waals surface area (Å²) in [5, 5.41) is 20.2. The fourth-order valence-corrected chi connectivity index (χ4v) is 3.47. The van der Waals surface area contributed by atoms with Gasteiger partial charge in [0, 0.05) is 44.4 Å². The molecule has 1 aliphatic rings. The number of nitrogens with zero attached hydrogens (tertiary/aromatic N) is 5. The molecule has 4 rings (SSSR count). The van der Waals surface area contributed by atoms with Crippen molar-refractivity contribution >= 4 is 29.6 Å². The molecule has 1 amide bonds. The molecular formula is C24H21N5O5. The van der Waals surface area contributed by atoms with Gasteiger partial charge in [0.25, 0.3) is 11.6 Å². The molecule has 0 unspecified atom stereocenters. The molecule has 1 fully saturated rings. The standard InChI is InChI=1S/C24H21N5O5/c25-16-21-24(34-22(26-21)11-8-18-6-9-19(10-7-18)29(31)32)28-14-12-27(13-15-28)23(30)17-33-20-4-2-1-3-5-20/h1-11H,12-15,17H2/b11-8+. The third-order valence-electron chi connectivity index (χ3n) is 5.28. The van der Waals surface area contributed by atoms with Crippen LogP contribution < -0.4 is 9.64 Å². The van der Waals surface area contributed by atoms with Crippen LogP contribution in [-0.4, -0.2) is 53.5 Å². The van der Waals surface area contributed by atoms with Gasteiger partial charge in [0.15, 0.2) is 6.61 Å². The Labute approximate surface area is 195 Å². The maximum absolute atomic E-state index is 12.5. The largest absolute Gasteiger partial charge is 0.484 e. The van der Waals surface area contributed by atoms with Crippen molar-refractivity contribution < 1.29 is 18.9 Å². The summed E-state index contributed by atoms with van der Waals surface area (Å²) in [5.74, 6) is 1.15. The SMILES string of the molecule is N#Cc1nc(/C=C/c2ccc([N+](=O)[O-])cc2)oc1N1CCN(C(=O)COc2ccccc2)CC1. The molecule has 10 heteroatoms. The number of carbonyl (C=O) groups is 1. The van der Waals surface area contributed by atoms with Crippen molar-refractivity contribution in [3.05, 3.63) is 81.9 Å². The summed E-state index contributed by atoms with van der Waals surface area (Å²) in [6.07, 6.45) is 3.30. The van der Waals surface area contributed by atoms with Crippen molar-refractivity contribution in [2.24, 2.45) is 0 Å². The molecule has 2 heterocycles. The molecule has 2 aromatic carbocycles. The number of rotatable bonds is 7. The van der Waals surface area contributed by atoms with E-state index >= 15 is 0 Å². The predicted molar refractivity (Wildman–Crippen MR) is 124 cm³/mol. The van der Waals surface area contributed by atoms with Crippen LogP contribution in [0.5, 0.6) is 5.75 Å². The van der Waals surface area contributed by atoms with Gasteiger partial charge in [-0.05, 0) is 35.9 Å². The summed E-state index contributed by atoms with van der Waals surface area (Å²) >= 11 is 0. The van der Waals surface area contributed by atoms with E-state index in [9.17, 15) is 20.2 Å². The average Bonchev–Trinajstić information content (AvgIpc) is 3.30. The highest BCUT2D eigenvalue weighted by molar-refractivity contribution is 5.78. The quantitative estimate of drug-likeness (QED) is 0.389. The summed E-state index contributed by atoms with van der Waals surface area (Å²) in [4.78, 5) is 30.6. The molecule has 0 aliphatic carbocycles. The number of aromatic nitrogens is 1. The van der Waals surface area contributed by atoms with E-state index in [0.29, 0.717) is 37.8 Å². The van der Waals surface area contributed by atoms with Gasteiger partial charge in [0.1, 0.15) is 11.8 Å². The van der Waals surface area contributed by atoms with Crippen LogP contribution in [0.15, 0.2) is 59.0 Å². The number of oxazole rings is 1. The third-order valence-corrected chi connectivity index (χ3v) is 5.28. The molecule has 10 nitrogen and oxygen atoms in total. The van der Waals surface area contributed by atoms with Gasteiger partial charge in [-0.2, -0.15) is 10.2 Å². The lowest BCUT2D eigenvalue weighted by Gasteiger charge is -2.34. The minimum atomic E-state index is -0.462. The van der Waals surface area contributed by atoms with Crippen LogP contribution in [-0.2, 0) is 4.79 Å². The van der Waals surface area contributed by atoms with Gasteiger partial charge in [-0.3, -0.25) is 14.9 Å². The maximum Gasteiger partial charge on any atom is 0.269 e. The van der Waals surface area contributed by atoms with E-state index in [0.717, 1.165) is 5.56 Å². The van der Waals surface area contributed by atoms with Gasteiger partial charge in [-0.1, -0.05) is 18.2 Å². The number of amides is 1. The number of piperazine rings is 1. The molecule has 0 spiro atoms. The van der Waals surface area contributed by atoms with E-state index < -0.39 is 4.92 Å². The van der Waals surface area contributed by atoms with Gasteiger partial charge in [0.2, 0.25) is 17.5 Å². The van der Waals surface area contributed by atoms with Crippen molar-refractivity contribution in [2.45, 2.75) is 0 Å². The van der Waals surface area contributed by atoms with Gasteiger partial charge >= 0.3 is 0 Å². The number of nitro benzene ring substituents is 1. The average molecular weight is 459 g/mol. The molecule has 0 saturated carbocycles. The first-order valence-electron chi connectivity index (χ1n) is 10.6. The van der Waals surface area contributed by atoms with Gasteiger partial charge in [-0.25, -0.2) is 0 Å². The van der Waals surface area contributed by atoms with Crippen LogP contribution in [0.1, 0.15) is 17.1 Å². The Hall–Kier alpha value is -4.65. The first-order chi connectivity index (χ1) is 16.5. The molecule has 172 valence electrons. The zero-order chi connectivity index (χ0) is 23.9. The Morgan fingerprint density at radius 1 is 1.12 bits per heavy atom. The number of hydrogen-bond acceptors (Lipinski definition) is 8. The minimum Gasteiger partial charge on any atom is -0.484 e. The molecule has 34 heavy (non-hydrogen) atoms.